The summed E-state index contributed by atoms with van der Waals surface area (Å²) in [6.07, 6.45) is 0. The highest BCUT2D eigenvalue weighted by atomic mass is 35.5. The summed E-state index contributed by atoms with van der Waals surface area (Å²) in [7, 11) is 0. The van der Waals surface area contributed by atoms with Crippen LogP contribution in [0, 0.1) is 18.8 Å². The van der Waals surface area contributed by atoms with Crippen molar-refractivity contribution in [3.05, 3.63) is 34.6 Å². The third-order valence-corrected chi connectivity index (χ3v) is 1.45. The van der Waals surface area contributed by atoms with E-state index >= 15 is 0 Å². The van der Waals surface area contributed by atoms with Crippen molar-refractivity contribution in [2.24, 2.45) is 0 Å². The van der Waals surface area contributed by atoms with Gasteiger partial charge in [0.05, 0.1) is 0 Å². The first-order chi connectivity index (χ1) is 4.20. The molecule has 0 unspecified atom stereocenters. The average Bonchev–Trinajstić information content (AvgIpc) is 1.80. The smallest absolute Gasteiger partial charge is 0.131 e. The van der Waals surface area contributed by atoms with Crippen molar-refractivity contribution in [2.45, 2.75) is 6.92 Å². The van der Waals surface area contributed by atoms with Crippen LogP contribution in [0.1, 0.15) is 5.56 Å². The van der Waals surface area contributed by atoms with Gasteiger partial charge in [-0.1, -0.05) is 11.6 Å². The first kappa shape index (κ1) is 6.56. The zero-order chi connectivity index (χ0) is 6.85. The zero-order valence-electron chi connectivity index (χ0n) is 4.91. The molecule has 0 saturated carbocycles. The van der Waals surface area contributed by atoms with Crippen LogP contribution in [-0.2, 0) is 0 Å². The Morgan fingerprint density at radius 1 is 1.56 bits per heavy atom. The van der Waals surface area contributed by atoms with Crippen molar-refractivity contribution in [3.63, 3.8) is 0 Å². The molecule has 0 spiro atoms. The number of hydrogen-bond donors (Lipinski definition) is 0. The van der Waals surface area contributed by atoms with E-state index in [1.54, 1.807) is 6.92 Å². The standard InChI is InChI=1S/C7H5ClF/c1-5-4-6(9)2-3-7(5)8/h2-3H,1H3. The van der Waals surface area contributed by atoms with E-state index < -0.39 is 0 Å². The van der Waals surface area contributed by atoms with Gasteiger partial charge in [-0.2, -0.15) is 0 Å². The summed E-state index contributed by atoms with van der Waals surface area (Å²) >= 11 is 5.58. The van der Waals surface area contributed by atoms with Gasteiger partial charge < -0.3 is 0 Å². The summed E-state index contributed by atoms with van der Waals surface area (Å²) in [4.78, 5) is 0. The fourth-order valence-corrected chi connectivity index (χ4v) is 0.662. The lowest BCUT2D eigenvalue weighted by Gasteiger charge is -1.93. The molecule has 47 valence electrons. The van der Waals surface area contributed by atoms with E-state index in [-0.39, 0.29) is 5.82 Å². The third kappa shape index (κ3) is 1.42. The Bertz CT molecular complexity index is 220. The molecule has 0 heterocycles. The first-order valence-electron chi connectivity index (χ1n) is 2.54. The molecule has 2 heteroatoms. The highest BCUT2D eigenvalue weighted by Crippen LogP contribution is 2.13. The van der Waals surface area contributed by atoms with E-state index in [1.807, 2.05) is 0 Å². The summed E-state index contributed by atoms with van der Waals surface area (Å²) < 4.78 is 12.2. The zero-order valence-corrected chi connectivity index (χ0v) is 5.67. The van der Waals surface area contributed by atoms with Gasteiger partial charge in [0.2, 0.25) is 0 Å². The minimum Gasteiger partial charge on any atom is -0.206 e. The van der Waals surface area contributed by atoms with Crippen LogP contribution in [0.15, 0.2) is 12.1 Å². The van der Waals surface area contributed by atoms with Gasteiger partial charge in [0.1, 0.15) is 5.82 Å². The van der Waals surface area contributed by atoms with Gasteiger partial charge in [-0.05, 0) is 24.6 Å². The van der Waals surface area contributed by atoms with Gasteiger partial charge in [-0.15, -0.1) is 0 Å². The highest BCUT2D eigenvalue weighted by molar-refractivity contribution is 6.31. The van der Waals surface area contributed by atoms with Crippen molar-refractivity contribution in [2.75, 3.05) is 0 Å². The summed E-state index contributed by atoms with van der Waals surface area (Å²) in [5.41, 5.74) is 0.650. The van der Waals surface area contributed by atoms with Crippen LogP contribution < -0.4 is 0 Å². The Morgan fingerprint density at radius 2 is 2.22 bits per heavy atom. The van der Waals surface area contributed by atoms with E-state index in [2.05, 4.69) is 6.07 Å². The lowest BCUT2D eigenvalue weighted by atomic mass is 10.2. The van der Waals surface area contributed by atoms with Gasteiger partial charge in [0, 0.05) is 11.1 Å². The lowest BCUT2D eigenvalue weighted by molar-refractivity contribution is 0.624. The van der Waals surface area contributed by atoms with Crippen LogP contribution >= 0.6 is 11.6 Å². The van der Waals surface area contributed by atoms with Crippen LogP contribution in [0.5, 0.6) is 0 Å². The van der Waals surface area contributed by atoms with E-state index in [9.17, 15) is 4.39 Å². The molecule has 0 aliphatic heterocycles. The molecule has 9 heavy (non-hydrogen) atoms. The van der Waals surface area contributed by atoms with E-state index in [0.717, 1.165) is 0 Å². The van der Waals surface area contributed by atoms with Gasteiger partial charge in [0.25, 0.3) is 0 Å². The second-order valence-corrected chi connectivity index (χ2v) is 2.19. The Labute approximate surface area is 58.3 Å². The second kappa shape index (κ2) is 2.36. The van der Waals surface area contributed by atoms with Gasteiger partial charge >= 0.3 is 0 Å². The molecule has 0 aliphatic carbocycles. The molecule has 0 bridgehead atoms. The molecular formula is C7H5ClF. The van der Waals surface area contributed by atoms with Crippen LogP contribution in [0.25, 0.3) is 0 Å². The van der Waals surface area contributed by atoms with Crippen molar-refractivity contribution in [1.29, 1.82) is 0 Å². The summed E-state index contributed by atoms with van der Waals surface area (Å²) in [5.74, 6) is -0.364. The Balaban J connectivity index is 3.17. The maximum Gasteiger partial charge on any atom is 0.131 e. The molecule has 0 amide bonds. The Morgan fingerprint density at radius 3 is 2.67 bits per heavy atom. The van der Waals surface area contributed by atoms with Crippen LogP contribution in [-0.4, -0.2) is 0 Å². The average molecular weight is 144 g/mol. The maximum absolute atomic E-state index is 12.2. The van der Waals surface area contributed by atoms with Crippen molar-refractivity contribution < 1.29 is 4.39 Å². The van der Waals surface area contributed by atoms with E-state index in [4.69, 9.17) is 11.6 Å². The molecule has 0 aromatic heterocycles. The number of hydrogen-bond acceptors (Lipinski definition) is 0. The van der Waals surface area contributed by atoms with Crippen molar-refractivity contribution >= 4 is 11.6 Å². The number of halogens is 2. The molecule has 0 aliphatic rings. The van der Waals surface area contributed by atoms with Gasteiger partial charge in [-0.3, -0.25) is 0 Å². The second-order valence-electron chi connectivity index (χ2n) is 1.78. The molecule has 1 radical (unpaired) electrons. The predicted octanol–water partition coefficient (Wildman–Crippen LogP) is 2.59. The highest BCUT2D eigenvalue weighted by Gasteiger charge is 1.94. The third-order valence-electron chi connectivity index (χ3n) is 1.04. The fraction of sp³-hybridized carbons (Fsp3) is 0.143. The lowest BCUT2D eigenvalue weighted by Crippen LogP contribution is -1.77. The van der Waals surface area contributed by atoms with Crippen molar-refractivity contribution in [3.8, 4) is 0 Å². The fourth-order valence-electron chi connectivity index (χ4n) is 0.552. The summed E-state index contributed by atoms with van der Waals surface area (Å²) in [6, 6.07) is 5.24. The molecule has 0 N–H and O–H groups in total. The van der Waals surface area contributed by atoms with Gasteiger partial charge in [0.15, 0.2) is 0 Å². The van der Waals surface area contributed by atoms with Crippen molar-refractivity contribution in [1.82, 2.24) is 0 Å². The van der Waals surface area contributed by atoms with Crippen LogP contribution in [0.3, 0.4) is 0 Å². The first-order valence-corrected chi connectivity index (χ1v) is 2.92. The molecule has 0 fully saturated rings. The molecule has 0 atom stereocenters. The molecular weight excluding hydrogens is 139 g/mol. The van der Waals surface area contributed by atoms with E-state index in [0.29, 0.717) is 10.6 Å². The quantitative estimate of drug-likeness (QED) is 0.524. The Hall–Kier alpha value is -0.560. The molecule has 1 aromatic rings. The summed E-state index contributed by atoms with van der Waals surface area (Å²) in [5, 5.41) is 0.552. The Kier molecular flexibility index (Phi) is 1.72. The predicted molar refractivity (Wildman–Crippen MR) is 35.0 cm³/mol. The maximum atomic E-state index is 12.2. The van der Waals surface area contributed by atoms with Crippen LogP contribution in [0.4, 0.5) is 4.39 Å². The number of benzene rings is 1. The molecule has 0 saturated heterocycles. The van der Waals surface area contributed by atoms with E-state index in [1.165, 1.54) is 12.1 Å². The minimum absolute atomic E-state index is 0.364. The largest absolute Gasteiger partial charge is 0.206 e. The number of rotatable bonds is 0. The molecule has 1 rings (SSSR count). The molecule has 1 aromatic carbocycles. The van der Waals surface area contributed by atoms with Gasteiger partial charge in [-0.25, -0.2) is 4.39 Å². The number of aryl methyl sites for hydroxylation is 1. The minimum atomic E-state index is -0.364. The van der Waals surface area contributed by atoms with Crippen LogP contribution in [0.2, 0.25) is 5.02 Å². The normalized spacial score (nSPS) is 9.67. The SMILES string of the molecule is Cc1[c]c(F)ccc1Cl. The monoisotopic (exact) mass is 143 g/mol. The summed E-state index contributed by atoms with van der Waals surface area (Å²) in [6.45, 7) is 1.71. The molecule has 0 nitrogen and oxygen atoms in total. The topological polar surface area (TPSA) is 0 Å².